The van der Waals surface area contributed by atoms with Crippen LogP contribution < -0.4 is 9.80 Å². The molecular weight excluding hydrogens is 445 g/mol. The predicted octanol–water partition coefficient (Wildman–Crippen LogP) is 2.64. The van der Waals surface area contributed by atoms with Gasteiger partial charge in [0.1, 0.15) is 5.82 Å². The summed E-state index contributed by atoms with van der Waals surface area (Å²) in [5, 5.41) is -0.877. The molecule has 0 aliphatic carbocycles. The molecular formula is C24H28FN3O4S. The molecule has 7 nitrogen and oxygen atoms in total. The lowest BCUT2D eigenvalue weighted by Gasteiger charge is -2.36. The molecule has 2 aliphatic rings. The quantitative estimate of drug-likeness (QED) is 0.667. The van der Waals surface area contributed by atoms with E-state index in [9.17, 15) is 22.4 Å². The van der Waals surface area contributed by atoms with E-state index in [1.54, 1.807) is 47.1 Å². The van der Waals surface area contributed by atoms with Gasteiger partial charge in [-0.2, -0.15) is 0 Å². The highest BCUT2D eigenvalue weighted by molar-refractivity contribution is 7.92. The number of hydrogen-bond acceptors (Lipinski definition) is 5. The molecule has 0 saturated carbocycles. The van der Waals surface area contributed by atoms with Gasteiger partial charge < -0.3 is 14.7 Å². The van der Waals surface area contributed by atoms with E-state index in [1.807, 2.05) is 4.90 Å². The number of carbonyl (C=O) groups is 2. The molecule has 2 aliphatic heterocycles. The van der Waals surface area contributed by atoms with Crippen molar-refractivity contribution < 1.29 is 22.4 Å². The lowest BCUT2D eigenvalue weighted by atomic mass is 10.2. The summed E-state index contributed by atoms with van der Waals surface area (Å²) in [5.41, 5.74) is 2.09. The maximum atomic E-state index is 14.0. The summed E-state index contributed by atoms with van der Waals surface area (Å²) < 4.78 is 40.3. The van der Waals surface area contributed by atoms with Gasteiger partial charge in [0.25, 0.3) is 0 Å². The number of hydrogen-bond donors (Lipinski definition) is 0. The average Bonchev–Trinajstić information content (AvgIpc) is 3.23. The number of nitrogens with zero attached hydrogens (tertiary/aromatic N) is 3. The Bertz CT molecular complexity index is 1180. The molecule has 2 heterocycles. The van der Waals surface area contributed by atoms with Gasteiger partial charge >= 0.3 is 0 Å². The molecule has 2 aromatic rings. The largest absolute Gasteiger partial charge is 0.366 e. The first-order valence-corrected chi connectivity index (χ1v) is 12.7. The lowest BCUT2D eigenvalue weighted by Crippen LogP contribution is -2.49. The van der Waals surface area contributed by atoms with Crippen LogP contribution in [0.2, 0.25) is 0 Å². The van der Waals surface area contributed by atoms with Gasteiger partial charge in [-0.3, -0.25) is 9.59 Å². The first-order valence-electron chi connectivity index (χ1n) is 11.1. The molecule has 0 radical (unpaired) electrons. The highest BCUT2D eigenvalue weighted by Crippen LogP contribution is 2.32. The molecule has 4 rings (SSSR count). The number of fused-ring (bicyclic) bond motifs is 1. The zero-order chi connectivity index (χ0) is 23.8. The standard InChI is InChI=1S/C24H28FN3O4S/c1-17(33(31,32)20-7-8-22-19(16-20)9-10-28(22)18(2)29)15-24(30)27-13-11-26(12-14-27)23-6-4-3-5-21(23)25/h3-8,16-17H,9-15H2,1-2H3/t17-/m0/s1. The van der Waals surface area contributed by atoms with Crippen molar-refractivity contribution in [3.8, 4) is 0 Å². The summed E-state index contributed by atoms with van der Waals surface area (Å²) in [6.07, 6.45) is 0.497. The number of sulfone groups is 1. The number of amides is 2. The molecule has 176 valence electrons. The SMILES string of the molecule is CC(=O)N1CCc2cc(S(=O)(=O)[C@@H](C)CC(=O)N3CCN(c4ccccc4F)CC3)ccc21. The Morgan fingerprint density at radius 1 is 1.00 bits per heavy atom. The molecule has 9 heteroatoms. The summed E-state index contributed by atoms with van der Waals surface area (Å²) in [6, 6.07) is 11.4. The van der Waals surface area contributed by atoms with Crippen LogP contribution in [0, 0.1) is 5.82 Å². The number of benzene rings is 2. The Morgan fingerprint density at radius 2 is 1.70 bits per heavy atom. The van der Waals surface area contributed by atoms with E-state index in [4.69, 9.17) is 0 Å². The number of carbonyl (C=O) groups excluding carboxylic acids is 2. The highest BCUT2D eigenvalue weighted by atomic mass is 32.2. The minimum Gasteiger partial charge on any atom is -0.366 e. The Balaban J connectivity index is 1.39. The van der Waals surface area contributed by atoms with Crippen LogP contribution in [0.3, 0.4) is 0 Å². The smallest absolute Gasteiger partial charge is 0.224 e. The van der Waals surface area contributed by atoms with E-state index in [-0.39, 0.29) is 28.9 Å². The summed E-state index contributed by atoms with van der Waals surface area (Å²) in [4.78, 5) is 29.9. The molecule has 0 spiro atoms. The van der Waals surface area contributed by atoms with E-state index >= 15 is 0 Å². The van der Waals surface area contributed by atoms with Crippen molar-refractivity contribution in [1.29, 1.82) is 0 Å². The predicted molar refractivity (Wildman–Crippen MR) is 125 cm³/mol. The second kappa shape index (κ2) is 9.13. The van der Waals surface area contributed by atoms with Gasteiger partial charge in [-0.25, -0.2) is 12.8 Å². The first kappa shape index (κ1) is 23.2. The topological polar surface area (TPSA) is 78.0 Å². The zero-order valence-electron chi connectivity index (χ0n) is 18.8. The third-order valence-corrected chi connectivity index (χ3v) is 8.61. The summed E-state index contributed by atoms with van der Waals surface area (Å²) in [6.45, 7) is 5.40. The van der Waals surface area contributed by atoms with Crippen LogP contribution in [0.4, 0.5) is 15.8 Å². The van der Waals surface area contributed by atoms with E-state index in [2.05, 4.69) is 0 Å². The van der Waals surface area contributed by atoms with Crippen molar-refractivity contribution in [3.63, 3.8) is 0 Å². The maximum absolute atomic E-state index is 14.0. The van der Waals surface area contributed by atoms with E-state index in [1.165, 1.54) is 19.1 Å². The molecule has 1 saturated heterocycles. The van der Waals surface area contributed by atoms with Gasteiger partial charge in [0, 0.05) is 51.8 Å². The van der Waals surface area contributed by atoms with Gasteiger partial charge in [-0.05, 0) is 49.2 Å². The molecule has 0 unspecified atom stereocenters. The van der Waals surface area contributed by atoms with Crippen molar-refractivity contribution in [1.82, 2.24) is 4.90 Å². The van der Waals surface area contributed by atoms with Crippen LogP contribution >= 0.6 is 0 Å². The fraction of sp³-hybridized carbons (Fsp3) is 0.417. The molecule has 0 bridgehead atoms. The molecule has 1 fully saturated rings. The first-order chi connectivity index (χ1) is 15.7. The summed E-state index contributed by atoms with van der Waals surface area (Å²) in [7, 11) is -3.70. The molecule has 1 atom stereocenters. The molecule has 0 aromatic heterocycles. The average molecular weight is 474 g/mol. The van der Waals surface area contributed by atoms with Crippen molar-refractivity contribution in [2.45, 2.75) is 36.8 Å². The lowest BCUT2D eigenvalue weighted by molar-refractivity contribution is -0.131. The van der Waals surface area contributed by atoms with Crippen LogP contribution in [0.1, 0.15) is 25.8 Å². The third kappa shape index (κ3) is 4.59. The minimum absolute atomic E-state index is 0.0709. The second-order valence-corrected chi connectivity index (χ2v) is 11.0. The van der Waals surface area contributed by atoms with Crippen molar-refractivity contribution in [2.24, 2.45) is 0 Å². The normalized spacial score (nSPS) is 17.1. The summed E-state index contributed by atoms with van der Waals surface area (Å²) in [5.74, 6) is -0.584. The fourth-order valence-electron chi connectivity index (χ4n) is 4.50. The monoisotopic (exact) mass is 473 g/mol. The van der Waals surface area contributed by atoms with E-state index in [0.29, 0.717) is 44.8 Å². The van der Waals surface area contributed by atoms with E-state index in [0.717, 1.165) is 11.3 Å². The van der Waals surface area contributed by atoms with Crippen molar-refractivity contribution in [2.75, 3.05) is 42.5 Å². The highest BCUT2D eigenvalue weighted by Gasteiger charge is 2.31. The van der Waals surface area contributed by atoms with Gasteiger partial charge in [0.05, 0.1) is 15.8 Å². The van der Waals surface area contributed by atoms with Gasteiger partial charge in [-0.1, -0.05) is 12.1 Å². The minimum atomic E-state index is -3.70. The van der Waals surface area contributed by atoms with Crippen LogP contribution in [0.5, 0.6) is 0 Å². The van der Waals surface area contributed by atoms with Crippen LogP contribution in [0.15, 0.2) is 47.4 Å². The van der Waals surface area contributed by atoms with Crippen LogP contribution in [0.25, 0.3) is 0 Å². The van der Waals surface area contributed by atoms with Crippen LogP contribution in [-0.4, -0.2) is 63.1 Å². The fourth-order valence-corrected chi connectivity index (χ4v) is 5.90. The van der Waals surface area contributed by atoms with Gasteiger partial charge in [0.15, 0.2) is 9.84 Å². The molecule has 33 heavy (non-hydrogen) atoms. The Labute approximate surface area is 193 Å². The number of anilines is 2. The number of rotatable bonds is 5. The Kier molecular flexibility index (Phi) is 6.43. The Hall–Kier alpha value is -2.94. The maximum Gasteiger partial charge on any atom is 0.224 e. The van der Waals surface area contributed by atoms with Crippen molar-refractivity contribution in [3.05, 3.63) is 53.8 Å². The van der Waals surface area contributed by atoms with Crippen LogP contribution in [-0.2, 0) is 25.8 Å². The number of para-hydroxylation sites is 1. The van der Waals surface area contributed by atoms with Gasteiger partial charge in [-0.15, -0.1) is 0 Å². The molecule has 2 aromatic carbocycles. The molecule has 0 N–H and O–H groups in total. The van der Waals surface area contributed by atoms with E-state index < -0.39 is 15.1 Å². The van der Waals surface area contributed by atoms with Crippen molar-refractivity contribution >= 4 is 33.0 Å². The number of piperazine rings is 1. The third-order valence-electron chi connectivity index (χ3n) is 6.47. The van der Waals surface area contributed by atoms with Gasteiger partial charge in [0.2, 0.25) is 11.8 Å². The zero-order valence-corrected chi connectivity index (χ0v) is 19.6. The summed E-state index contributed by atoms with van der Waals surface area (Å²) >= 11 is 0. The molecule has 2 amide bonds. The second-order valence-electron chi connectivity index (χ2n) is 8.59. The Morgan fingerprint density at radius 3 is 2.36 bits per heavy atom. The number of halogens is 1.